The van der Waals surface area contributed by atoms with Crippen molar-refractivity contribution in [1.29, 1.82) is 0 Å². The van der Waals surface area contributed by atoms with Crippen LogP contribution in [0.4, 0.5) is 5.69 Å². The molecule has 192 valence electrons. The number of hydrogen-bond acceptors (Lipinski definition) is 4. The van der Waals surface area contributed by atoms with Crippen LogP contribution in [0.1, 0.15) is 69.0 Å². The first-order valence-electron chi connectivity index (χ1n) is 13.6. The summed E-state index contributed by atoms with van der Waals surface area (Å²) in [7, 11) is 4.15. The van der Waals surface area contributed by atoms with Crippen LogP contribution in [-0.2, 0) is 4.79 Å². The van der Waals surface area contributed by atoms with Crippen molar-refractivity contribution in [3.8, 4) is 12.3 Å². The van der Waals surface area contributed by atoms with Crippen LogP contribution in [-0.4, -0.2) is 36.1 Å². The molecule has 2 aromatic rings. The highest BCUT2D eigenvalue weighted by Crippen LogP contribution is 2.63. The van der Waals surface area contributed by atoms with Crippen LogP contribution in [0.2, 0.25) is 0 Å². The molecule has 0 spiro atoms. The molecule has 1 aromatic heterocycles. The van der Waals surface area contributed by atoms with E-state index in [9.17, 15) is 9.90 Å². The number of carbonyl (C=O) groups is 1. The van der Waals surface area contributed by atoms with Crippen molar-refractivity contribution >= 4 is 11.5 Å². The van der Waals surface area contributed by atoms with Crippen LogP contribution < -0.4 is 4.90 Å². The van der Waals surface area contributed by atoms with Crippen molar-refractivity contribution in [3.05, 3.63) is 82.7 Å². The van der Waals surface area contributed by atoms with E-state index in [0.29, 0.717) is 35.7 Å². The lowest BCUT2D eigenvalue weighted by Crippen LogP contribution is -2.45. The van der Waals surface area contributed by atoms with E-state index in [0.717, 1.165) is 38.5 Å². The van der Waals surface area contributed by atoms with E-state index in [1.165, 1.54) is 22.4 Å². The third kappa shape index (κ3) is 4.78. The van der Waals surface area contributed by atoms with E-state index in [-0.39, 0.29) is 11.5 Å². The highest BCUT2D eigenvalue weighted by atomic mass is 16.3. The fourth-order valence-corrected chi connectivity index (χ4v) is 7.38. The van der Waals surface area contributed by atoms with Gasteiger partial charge in [-0.1, -0.05) is 36.6 Å². The van der Waals surface area contributed by atoms with Crippen LogP contribution in [0, 0.1) is 29.6 Å². The van der Waals surface area contributed by atoms with Crippen LogP contribution in [0.3, 0.4) is 0 Å². The first kappa shape index (κ1) is 25.5. The zero-order valence-corrected chi connectivity index (χ0v) is 22.3. The summed E-state index contributed by atoms with van der Waals surface area (Å²) in [5.74, 6) is 4.21. The molecule has 2 fully saturated rings. The molecule has 1 N–H and O–H groups in total. The van der Waals surface area contributed by atoms with Crippen LogP contribution >= 0.6 is 0 Å². The van der Waals surface area contributed by atoms with Gasteiger partial charge < -0.3 is 10.0 Å². The molecule has 0 bridgehead atoms. The number of hydrogen-bond donors (Lipinski definition) is 1. The Kier molecular flexibility index (Phi) is 7.10. The Morgan fingerprint density at radius 3 is 2.49 bits per heavy atom. The van der Waals surface area contributed by atoms with Gasteiger partial charge in [-0.3, -0.25) is 4.79 Å². The molecule has 0 amide bonds. The largest absolute Gasteiger partial charge is 0.393 e. The van der Waals surface area contributed by atoms with Gasteiger partial charge in [-0.2, -0.15) is 0 Å². The number of allylic oxidation sites excluding steroid dienone is 4. The number of rotatable bonds is 2. The second kappa shape index (κ2) is 10.3. The Labute approximate surface area is 221 Å². The molecule has 4 aliphatic carbocycles. The number of carbonyl (C=O) groups excluding carboxylic acids is 1. The summed E-state index contributed by atoms with van der Waals surface area (Å²) >= 11 is 0. The number of aliphatic hydroxyl groups excluding tert-OH is 1. The number of anilines is 1. The van der Waals surface area contributed by atoms with E-state index in [1.807, 2.05) is 18.2 Å². The summed E-state index contributed by atoms with van der Waals surface area (Å²) < 4.78 is 0. The van der Waals surface area contributed by atoms with Gasteiger partial charge in [0.25, 0.3) is 0 Å². The summed E-state index contributed by atoms with van der Waals surface area (Å²) in [6, 6.07) is 14.5. The molecule has 2 saturated carbocycles. The first-order chi connectivity index (χ1) is 17.8. The van der Waals surface area contributed by atoms with Gasteiger partial charge in [0.05, 0.1) is 6.10 Å². The monoisotopic (exact) mass is 494 g/mol. The van der Waals surface area contributed by atoms with Gasteiger partial charge in [0.2, 0.25) is 0 Å². The van der Waals surface area contributed by atoms with Crippen molar-refractivity contribution < 1.29 is 9.90 Å². The number of nitrogens with zero attached hydrogens (tertiary/aromatic N) is 2. The normalized spacial score (nSPS) is 30.1. The molecule has 0 saturated heterocycles. The molecule has 4 aliphatic rings. The number of pyridine rings is 1. The number of aliphatic hydroxyl groups is 1. The fourth-order valence-electron chi connectivity index (χ4n) is 7.38. The van der Waals surface area contributed by atoms with Crippen LogP contribution in [0.25, 0.3) is 0 Å². The lowest BCUT2D eigenvalue weighted by molar-refractivity contribution is -0.114. The van der Waals surface area contributed by atoms with E-state index < -0.39 is 0 Å². The van der Waals surface area contributed by atoms with Crippen molar-refractivity contribution in [2.75, 3.05) is 19.0 Å². The lowest BCUT2D eigenvalue weighted by atomic mass is 9.53. The molecule has 4 heteroatoms. The Morgan fingerprint density at radius 1 is 1.05 bits per heavy atom. The molecule has 0 radical (unpaired) electrons. The summed E-state index contributed by atoms with van der Waals surface area (Å²) in [4.78, 5) is 18.1. The van der Waals surface area contributed by atoms with Crippen molar-refractivity contribution in [1.82, 2.24) is 4.98 Å². The minimum Gasteiger partial charge on any atom is -0.393 e. The van der Waals surface area contributed by atoms with E-state index in [1.54, 1.807) is 17.8 Å². The van der Waals surface area contributed by atoms with Gasteiger partial charge in [0.1, 0.15) is 5.69 Å². The topological polar surface area (TPSA) is 53.4 Å². The number of fused-ring (bicyclic) bond motifs is 4. The van der Waals surface area contributed by atoms with Crippen LogP contribution in [0.15, 0.2) is 71.5 Å². The van der Waals surface area contributed by atoms with Gasteiger partial charge >= 0.3 is 0 Å². The molecule has 0 aliphatic heterocycles. The Morgan fingerprint density at radius 2 is 1.84 bits per heavy atom. The smallest absolute Gasteiger partial charge is 0.156 e. The lowest BCUT2D eigenvalue weighted by Gasteiger charge is -2.52. The predicted octanol–water partition coefficient (Wildman–Crippen LogP) is 6.08. The molecular formula is C33H38N2O2. The third-order valence-electron chi connectivity index (χ3n) is 9.31. The summed E-state index contributed by atoms with van der Waals surface area (Å²) in [6.45, 7) is 2.34. The number of aromatic nitrogens is 1. The first-order valence-corrected chi connectivity index (χ1v) is 13.6. The average Bonchev–Trinajstić information content (AvgIpc) is 3.22. The molecule has 37 heavy (non-hydrogen) atoms. The Hall–Kier alpha value is -3.16. The van der Waals surface area contributed by atoms with Gasteiger partial charge in [-0.05, 0) is 103 Å². The quantitative estimate of drug-likeness (QED) is 0.515. The van der Waals surface area contributed by atoms with Crippen molar-refractivity contribution in [2.45, 2.75) is 63.9 Å². The van der Waals surface area contributed by atoms with E-state index >= 15 is 0 Å². The maximum Gasteiger partial charge on any atom is 0.156 e. The molecule has 5 atom stereocenters. The van der Waals surface area contributed by atoms with Crippen molar-refractivity contribution in [3.63, 3.8) is 0 Å². The maximum absolute atomic E-state index is 12.1. The number of terminal acetylenes is 1. The SMILES string of the molecule is C#Cc1ccccn1.CN(C)c1ccc(C2CC3(C)C(O)CCC3C3CCC4=CC(=O)CCC4=C23)cc1. The molecule has 4 nitrogen and oxygen atoms in total. The van der Waals surface area contributed by atoms with E-state index in [4.69, 9.17) is 6.42 Å². The second-order valence-corrected chi connectivity index (χ2v) is 11.5. The van der Waals surface area contributed by atoms with Gasteiger partial charge in [-0.15, -0.1) is 6.42 Å². The molecular weight excluding hydrogens is 456 g/mol. The fraction of sp³-hybridized carbons (Fsp3) is 0.455. The van der Waals surface area contributed by atoms with Crippen LogP contribution in [0.5, 0.6) is 0 Å². The Balaban J connectivity index is 0.000000301. The van der Waals surface area contributed by atoms with Gasteiger partial charge in [-0.25, -0.2) is 4.98 Å². The summed E-state index contributed by atoms with van der Waals surface area (Å²) in [5, 5.41) is 10.9. The zero-order chi connectivity index (χ0) is 26.2. The third-order valence-corrected chi connectivity index (χ3v) is 9.31. The summed E-state index contributed by atoms with van der Waals surface area (Å²) in [5.41, 5.74) is 7.70. The highest BCUT2D eigenvalue weighted by molar-refractivity contribution is 5.93. The molecule has 5 unspecified atom stereocenters. The summed E-state index contributed by atoms with van der Waals surface area (Å²) in [6.07, 6.45) is 15.3. The predicted molar refractivity (Wildman–Crippen MR) is 149 cm³/mol. The second-order valence-electron chi connectivity index (χ2n) is 11.5. The maximum atomic E-state index is 12.1. The molecule has 6 rings (SSSR count). The van der Waals surface area contributed by atoms with Crippen molar-refractivity contribution in [2.24, 2.45) is 17.3 Å². The number of benzene rings is 1. The van der Waals surface area contributed by atoms with E-state index in [2.05, 4.69) is 61.1 Å². The minimum absolute atomic E-state index is 0.00527. The standard InChI is InChI=1S/C26H33NO2.C7H5N/c1-26-15-22(16-4-7-18(8-5-16)27(2)3)25-20-11-9-19(28)14-17(20)6-10-21(25)23(26)12-13-24(26)29;1-2-7-5-3-4-6-8-7/h4-5,7-8,14,21-24,29H,6,9-13,15H2,1-3H3;1,3-6H. The van der Waals surface area contributed by atoms with Gasteiger partial charge in [0.15, 0.2) is 5.78 Å². The average molecular weight is 495 g/mol. The Bertz CT molecular complexity index is 1250. The highest BCUT2D eigenvalue weighted by Gasteiger charge is 2.56. The number of ketones is 1. The molecule has 1 aromatic carbocycles. The zero-order valence-electron chi connectivity index (χ0n) is 22.3. The minimum atomic E-state index is -0.188. The molecule has 1 heterocycles. The van der Waals surface area contributed by atoms with Gasteiger partial charge in [0, 0.05) is 38.3 Å².